The van der Waals surface area contributed by atoms with E-state index in [4.69, 9.17) is 10.00 Å². The molecule has 0 bridgehead atoms. The maximum absolute atomic E-state index is 11.5. The number of benzene rings is 1. The third-order valence-corrected chi connectivity index (χ3v) is 3.06. The van der Waals surface area contributed by atoms with Crippen LogP contribution in [0, 0.1) is 17.8 Å². The molecule has 1 aromatic heterocycles. The minimum absolute atomic E-state index is 0.182. The van der Waals surface area contributed by atoms with Crippen LogP contribution >= 0.6 is 0 Å². The van der Waals surface area contributed by atoms with Gasteiger partial charge in [-0.05, 0) is 36.6 Å². The van der Waals surface area contributed by atoms with Crippen molar-refractivity contribution < 1.29 is 9.53 Å². The van der Waals surface area contributed by atoms with Crippen LogP contribution in [0.5, 0.6) is 11.8 Å². The molecule has 23 heavy (non-hydrogen) atoms. The van der Waals surface area contributed by atoms with Gasteiger partial charge in [0.15, 0.2) is 0 Å². The number of anilines is 1. The first-order chi connectivity index (χ1) is 11.2. The van der Waals surface area contributed by atoms with Crippen LogP contribution in [-0.2, 0) is 11.2 Å². The topological polar surface area (TPSA) is 87.9 Å². The number of carbonyl (C=O) groups excluding carboxylic acids is 1. The van der Waals surface area contributed by atoms with Gasteiger partial charge in [0.25, 0.3) is 0 Å². The predicted molar refractivity (Wildman–Crippen MR) is 85.9 cm³/mol. The Morgan fingerprint density at radius 1 is 1.35 bits per heavy atom. The fraction of sp³-hybridized carbons (Fsp3) is 0.235. The summed E-state index contributed by atoms with van der Waals surface area (Å²) in [4.78, 5) is 19.6. The Morgan fingerprint density at radius 2 is 2.09 bits per heavy atom. The maximum atomic E-state index is 11.5. The highest BCUT2D eigenvalue weighted by atomic mass is 16.5. The lowest BCUT2D eigenvalue weighted by Gasteiger charge is -2.09. The Morgan fingerprint density at radius 3 is 2.70 bits per heavy atom. The average molecular weight is 309 g/mol. The van der Waals surface area contributed by atoms with Gasteiger partial charge in [0, 0.05) is 6.42 Å². The van der Waals surface area contributed by atoms with Gasteiger partial charge in [0.2, 0.25) is 5.91 Å². The van der Waals surface area contributed by atoms with E-state index < -0.39 is 0 Å². The van der Waals surface area contributed by atoms with E-state index in [-0.39, 0.29) is 11.9 Å². The first-order valence-electron chi connectivity index (χ1n) is 7.33. The molecule has 0 aliphatic heterocycles. The molecule has 0 spiro atoms. The summed E-state index contributed by atoms with van der Waals surface area (Å²) in [5.74, 6) is 0.424. The third-order valence-electron chi connectivity index (χ3n) is 3.06. The molecule has 117 valence electrons. The molecule has 1 aromatic carbocycles. The van der Waals surface area contributed by atoms with Crippen LogP contribution in [0.3, 0.4) is 0 Å². The van der Waals surface area contributed by atoms with Gasteiger partial charge in [0.05, 0.1) is 29.7 Å². The Balaban J connectivity index is 2.09. The highest BCUT2D eigenvalue weighted by molar-refractivity contribution is 5.96. The summed E-state index contributed by atoms with van der Waals surface area (Å²) in [6.07, 6.45) is 5.89. The standard InChI is InChI=1S/C17H17N4O2/c1-3-5-16(22)21-14-10-19-17(20-11-14)23-15-7-6-12(9-18)8-13(15)4-2/h5-8,10-11H,3-4H2,1-2H3,(H,21,22). The highest BCUT2D eigenvalue weighted by Gasteiger charge is 2.08. The molecule has 2 rings (SSSR count). The molecule has 6 heteroatoms. The molecule has 0 saturated carbocycles. The van der Waals surface area contributed by atoms with Crippen molar-refractivity contribution in [2.24, 2.45) is 0 Å². The van der Waals surface area contributed by atoms with Crippen LogP contribution in [0.25, 0.3) is 0 Å². The van der Waals surface area contributed by atoms with Crippen molar-refractivity contribution in [1.29, 1.82) is 5.26 Å². The van der Waals surface area contributed by atoms with Gasteiger partial charge in [-0.2, -0.15) is 5.26 Å². The number of aryl methyl sites for hydroxylation is 1. The second-order valence-corrected chi connectivity index (χ2v) is 4.75. The van der Waals surface area contributed by atoms with E-state index in [9.17, 15) is 4.79 Å². The molecule has 1 heterocycles. The smallest absolute Gasteiger partial charge is 0.322 e. The quantitative estimate of drug-likeness (QED) is 0.884. The van der Waals surface area contributed by atoms with Crippen molar-refractivity contribution >= 4 is 11.6 Å². The number of amides is 1. The van der Waals surface area contributed by atoms with E-state index >= 15 is 0 Å². The second kappa shape index (κ2) is 7.90. The molecule has 1 N–H and O–H groups in total. The second-order valence-electron chi connectivity index (χ2n) is 4.75. The zero-order chi connectivity index (χ0) is 16.7. The monoisotopic (exact) mass is 309 g/mol. The van der Waals surface area contributed by atoms with Crippen molar-refractivity contribution in [2.75, 3.05) is 5.32 Å². The first kappa shape index (κ1) is 16.4. The number of hydrogen-bond acceptors (Lipinski definition) is 5. The van der Waals surface area contributed by atoms with Crippen LogP contribution in [-0.4, -0.2) is 15.9 Å². The van der Waals surface area contributed by atoms with Gasteiger partial charge in [-0.1, -0.05) is 13.8 Å². The van der Waals surface area contributed by atoms with Gasteiger partial charge < -0.3 is 10.1 Å². The Hall–Kier alpha value is -2.94. The highest BCUT2D eigenvalue weighted by Crippen LogP contribution is 2.24. The molecule has 0 fully saturated rings. The van der Waals surface area contributed by atoms with Gasteiger partial charge >= 0.3 is 6.01 Å². The molecule has 2 aromatic rings. The van der Waals surface area contributed by atoms with E-state index in [1.165, 1.54) is 18.8 Å². The summed E-state index contributed by atoms with van der Waals surface area (Å²) in [5, 5.41) is 11.6. The summed E-state index contributed by atoms with van der Waals surface area (Å²) in [6.45, 7) is 3.86. The van der Waals surface area contributed by atoms with Crippen LogP contribution in [0.15, 0.2) is 30.6 Å². The third kappa shape index (κ3) is 4.51. The Bertz CT molecular complexity index is 720. The number of ether oxygens (including phenoxy) is 1. The number of hydrogen-bond donors (Lipinski definition) is 1. The zero-order valence-electron chi connectivity index (χ0n) is 13.0. The minimum atomic E-state index is -0.190. The minimum Gasteiger partial charge on any atom is -0.424 e. The van der Waals surface area contributed by atoms with Crippen molar-refractivity contribution in [3.8, 4) is 17.8 Å². The number of nitrogens with one attached hydrogen (secondary N) is 1. The molecule has 0 aliphatic carbocycles. The molecule has 1 radical (unpaired) electrons. The Kier molecular flexibility index (Phi) is 5.64. The summed E-state index contributed by atoms with van der Waals surface area (Å²) >= 11 is 0. The number of aromatic nitrogens is 2. The maximum Gasteiger partial charge on any atom is 0.322 e. The zero-order valence-corrected chi connectivity index (χ0v) is 13.0. The predicted octanol–water partition coefficient (Wildman–Crippen LogP) is 3.26. The Labute approximate surface area is 135 Å². The van der Waals surface area contributed by atoms with Crippen molar-refractivity contribution in [2.45, 2.75) is 26.7 Å². The first-order valence-corrected chi connectivity index (χ1v) is 7.33. The van der Waals surface area contributed by atoms with Crippen LogP contribution in [0.4, 0.5) is 5.69 Å². The summed E-state index contributed by atoms with van der Waals surface area (Å²) in [7, 11) is 0. The van der Waals surface area contributed by atoms with Gasteiger partial charge in [-0.25, -0.2) is 9.97 Å². The lowest BCUT2D eigenvalue weighted by molar-refractivity contribution is -0.113. The van der Waals surface area contributed by atoms with Crippen LogP contribution in [0.2, 0.25) is 0 Å². The van der Waals surface area contributed by atoms with Crippen molar-refractivity contribution in [3.63, 3.8) is 0 Å². The average Bonchev–Trinajstić information content (AvgIpc) is 2.57. The van der Waals surface area contributed by atoms with Gasteiger partial charge in [-0.15, -0.1) is 0 Å². The van der Waals surface area contributed by atoms with E-state index in [1.807, 2.05) is 13.8 Å². The lowest BCUT2D eigenvalue weighted by Crippen LogP contribution is -2.11. The normalized spacial score (nSPS) is 9.96. The van der Waals surface area contributed by atoms with E-state index in [2.05, 4.69) is 21.4 Å². The molecular formula is C17H17N4O2. The molecule has 0 unspecified atom stereocenters. The summed E-state index contributed by atoms with van der Waals surface area (Å²) in [6, 6.07) is 7.48. The fourth-order valence-corrected chi connectivity index (χ4v) is 1.94. The summed E-state index contributed by atoms with van der Waals surface area (Å²) < 4.78 is 5.66. The number of rotatable bonds is 6. The van der Waals surface area contributed by atoms with E-state index in [1.54, 1.807) is 18.2 Å². The largest absolute Gasteiger partial charge is 0.424 e. The molecule has 1 amide bonds. The molecule has 6 nitrogen and oxygen atoms in total. The molecular weight excluding hydrogens is 292 g/mol. The van der Waals surface area contributed by atoms with Gasteiger partial charge in [-0.3, -0.25) is 4.79 Å². The van der Waals surface area contributed by atoms with E-state index in [0.717, 1.165) is 12.0 Å². The number of nitrogens with zero attached hydrogens (tertiary/aromatic N) is 3. The lowest BCUT2D eigenvalue weighted by atomic mass is 10.1. The SMILES string of the molecule is CC[CH]C(=O)Nc1cnc(Oc2ccc(C#N)cc2CC)nc1. The van der Waals surface area contributed by atoms with Crippen molar-refractivity contribution in [1.82, 2.24) is 9.97 Å². The van der Waals surface area contributed by atoms with E-state index in [0.29, 0.717) is 23.4 Å². The molecule has 0 atom stereocenters. The fourth-order valence-electron chi connectivity index (χ4n) is 1.94. The number of carbonyl (C=O) groups is 1. The van der Waals surface area contributed by atoms with Crippen molar-refractivity contribution in [3.05, 3.63) is 48.1 Å². The molecule has 0 aliphatic rings. The van der Waals surface area contributed by atoms with Crippen LogP contribution < -0.4 is 10.1 Å². The molecule has 0 saturated heterocycles. The number of nitriles is 1. The summed E-state index contributed by atoms with van der Waals surface area (Å²) in [5.41, 5.74) is 1.99. The van der Waals surface area contributed by atoms with Gasteiger partial charge in [0.1, 0.15) is 5.75 Å². The van der Waals surface area contributed by atoms with Crippen LogP contribution in [0.1, 0.15) is 31.4 Å².